The summed E-state index contributed by atoms with van der Waals surface area (Å²) in [5.74, 6) is 0.870. The third-order valence-corrected chi connectivity index (χ3v) is 5.52. The van der Waals surface area contributed by atoms with Crippen molar-refractivity contribution in [2.24, 2.45) is 5.73 Å². The van der Waals surface area contributed by atoms with Crippen molar-refractivity contribution in [1.82, 2.24) is 4.98 Å². The number of aryl methyl sites for hydroxylation is 1. The molecule has 1 aromatic carbocycles. The first-order chi connectivity index (χ1) is 10.1. The molecule has 4 heteroatoms. The Morgan fingerprint density at radius 3 is 2.43 bits per heavy atom. The van der Waals surface area contributed by atoms with E-state index in [1.165, 1.54) is 24.1 Å². The van der Waals surface area contributed by atoms with E-state index in [1.54, 1.807) is 18.4 Å². The molecule has 1 aliphatic carbocycles. The molecule has 1 saturated carbocycles. The molecule has 2 N–H and O–H groups in total. The van der Waals surface area contributed by atoms with Gasteiger partial charge in [0.1, 0.15) is 10.8 Å². The van der Waals surface area contributed by atoms with E-state index < -0.39 is 0 Å². The summed E-state index contributed by atoms with van der Waals surface area (Å²) in [6.45, 7) is 2.13. The molecule has 1 aromatic heterocycles. The van der Waals surface area contributed by atoms with E-state index >= 15 is 0 Å². The third kappa shape index (κ3) is 2.83. The average molecular weight is 302 g/mol. The van der Waals surface area contributed by atoms with Gasteiger partial charge in [0.2, 0.25) is 0 Å². The van der Waals surface area contributed by atoms with Gasteiger partial charge in [-0.25, -0.2) is 4.98 Å². The van der Waals surface area contributed by atoms with Crippen LogP contribution >= 0.6 is 11.3 Å². The summed E-state index contributed by atoms with van der Waals surface area (Å²) in [6.07, 6.45) is 5.85. The van der Waals surface area contributed by atoms with E-state index in [0.717, 1.165) is 34.9 Å². The van der Waals surface area contributed by atoms with Crippen LogP contribution in [0.25, 0.3) is 11.3 Å². The van der Waals surface area contributed by atoms with Crippen LogP contribution in [-0.2, 0) is 5.54 Å². The van der Waals surface area contributed by atoms with Crippen molar-refractivity contribution < 1.29 is 4.74 Å². The molecule has 1 heterocycles. The Morgan fingerprint density at radius 2 is 1.81 bits per heavy atom. The van der Waals surface area contributed by atoms with Gasteiger partial charge in [0.25, 0.3) is 0 Å². The molecule has 0 atom stereocenters. The first-order valence-corrected chi connectivity index (χ1v) is 8.35. The van der Waals surface area contributed by atoms with Gasteiger partial charge in [0, 0.05) is 10.4 Å². The summed E-state index contributed by atoms with van der Waals surface area (Å²) in [7, 11) is 1.68. The summed E-state index contributed by atoms with van der Waals surface area (Å²) in [5, 5.41) is 1.10. The summed E-state index contributed by atoms with van der Waals surface area (Å²) in [5.41, 5.74) is 8.60. The highest BCUT2D eigenvalue weighted by Gasteiger charge is 2.33. The minimum absolute atomic E-state index is 0.210. The monoisotopic (exact) mass is 302 g/mol. The Kier molecular flexibility index (Phi) is 4.00. The molecule has 0 aliphatic heterocycles. The quantitative estimate of drug-likeness (QED) is 0.922. The van der Waals surface area contributed by atoms with E-state index in [0.29, 0.717) is 0 Å². The number of methoxy groups -OCH3 is 1. The zero-order valence-corrected chi connectivity index (χ0v) is 13.5. The maximum atomic E-state index is 6.61. The molecule has 0 radical (unpaired) electrons. The molecule has 2 aromatic rings. The number of benzene rings is 1. The molecule has 0 saturated heterocycles. The Hall–Kier alpha value is -1.39. The minimum Gasteiger partial charge on any atom is -0.497 e. The van der Waals surface area contributed by atoms with E-state index in [-0.39, 0.29) is 5.54 Å². The van der Waals surface area contributed by atoms with Gasteiger partial charge in [-0.1, -0.05) is 19.3 Å². The molecular weight excluding hydrogens is 280 g/mol. The van der Waals surface area contributed by atoms with Gasteiger partial charge in [-0.3, -0.25) is 0 Å². The van der Waals surface area contributed by atoms with Crippen molar-refractivity contribution in [3.8, 4) is 17.0 Å². The van der Waals surface area contributed by atoms with Crippen LogP contribution in [-0.4, -0.2) is 12.1 Å². The predicted molar refractivity (Wildman–Crippen MR) is 87.8 cm³/mol. The Morgan fingerprint density at radius 1 is 1.14 bits per heavy atom. The number of nitrogens with zero attached hydrogens (tertiary/aromatic N) is 1. The standard InChI is InChI=1S/C17H22N2OS/c1-12-15(13-6-8-14(20-2)9-7-13)19-16(21-12)17(18)10-4-3-5-11-17/h6-9H,3-5,10-11,18H2,1-2H3. The SMILES string of the molecule is COc1ccc(-c2nc(C3(N)CCCCC3)sc2C)cc1. The second-order valence-corrected chi connectivity index (χ2v) is 7.07. The van der Waals surface area contributed by atoms with Crippen LogP contribution in [0.4, 0.5) is 0 Å². The summed E-state index contributed by atoms with van der Waals surface area (Å²) in [4.78, 5) is 6.12. The van der Waals surface area contributed by atoms with Crippen LogP contribution < -0.4 is 10.5 Å². The van der Waals surface area contributed by atoms with Crippen LogP contribution in [0.3, 0.4) is 0 Å². The largest absolute Gasteiger partial charge is 0.497 e. The molecule has 0 unspecified atom stereocenters. The number of hydrogen-bond acceptors (Lipinski definition) is 4. The number of nitrogens with two attached hydrogens (primary N) is 1. The molecular formula is C17H22N2OS. The number of rotatable bonds is 3. The van der Waals surface area contributed by atoms with E-state index in [9.17, 15) is 0 Å². The minimum atomic E-state index is -0.210. The fourth-order valence-electron chi connectivity index (χ4n) is 3.02. The molecule has 1 aliphatic rings. The fraction of sp³-hybridized carbons (Fsp3) is 0.471. The normalized spacial score (nSPS) is 17.7. The highest BCUT2D eigenvalue weighted by molar-refractivity contribution is 7.12. The fourth-order valence-corrected chi connectivity index (χ4v) is 4.12. The Labute approximate surface area is 130 Å². The van der Waals surface area contributed by atoms with Crippen molar-refractivity contribution in [2.45, 2.75) is 44.6 Å². The topological polar surface area (TPSA) is 48.1 Å². The van der Waals surface area contributed by atoms with Gasteiger partial charge < -0.3 is 10.5 Å². The highest BCUT2D eigenvalue weighted by atomic mass is 32.1. The summed E-state index contributed by atoms with van der Waals surface area (Å²) < 4.78 is 5.21. The van der Waals surface area contributed by atoms with Crippen LogP contribution in [0.2, 0.25) is 0 Å². The predicted octanol–water partition coefficient (Wildman–Crippen LogP) is 4.25. The Balaban J connectivity index is 1.93. The van der Waals surface area contributed by atoms with Gasteiger partial charge >= 0.3 is 0 Å². The smallest absolute Gasteiger partial charge is 0.118 e. The Bertz CT molecular complexity index is 612. The van der Waals surface area contributed by atoms with Crippen LogP contribution in [0, 0.1) is 6.92 Å². The first kappa shape index (κ1) is 14.5. The zero-order chi connectivity index (χ0) is 14.9. The van der Waals surface area contributed by atoms with Crippen molar-refractivity contribution in [3.05, 3.63) is 34.2 Å². The molecule has 112 valence electrons. The lowest BCUT2D eigenvalue weighted by Crippen LogP contribution is -2.38. The van der Waals surface area contributed by atoms with E-state index in [4.69, 9.17) is 15.5 Å². The molecule has 0 spiro atoms. The maximum Gasteiger partial charge on any atom is 0.118 e. The maximum absolute atomic E-state index is 6.61. The van der Waals surface area contributed by atoms with Crippen molar-refractivity contribution >= 4 is 11.3 Å². The lowest BCUT2D eigenvalue weighted by Gasteiger charge is -2.31. The second-order valence-electron chi connectivity index (χ2n) is 5.87. The average Bonchev–Trinajstić information content (AvgIpc) is 2.91. The van der Waals surface area contributed by atoms with Crippen LogP contribution in [0.5, 0.6) is 5.75 Å². The van der Waals surface area contributed by atoms with Crippen LogP contribution in [0.1, 0.15) is 42.0 Å². The van der Waals surface area contributed by atoms with Gasteiger partial charge in [-0.05, 0) is 44.0 Å². The zero-order valence-electron chi connectivity index (χ0n) is 12.7. The molecule has 21 heavy (non-hydrogen) atoms. The molecule has 3 rings (SSSR count). The van der Waals surface area contributed by atoms with Crippen molar-refractivity contribution in [2.75, 3.05) is 7.11 Å². The molecule has 0 amide bonds. The van der Waals surface area contributed by atoms with E-state index in [1.807, 2.05) is 12.1 Å². The number of aromatic nitrogens is 1. The van der Waals surface area contributed by atoms with Gasteiger partial charge in [0.15, 0.2) is 0 Å². The van der Waals surface area contributed by atoms with Crippen LogP contribution in [0.15, 0.2) is 24.3 Å². The molecule has 1 fully saturated rings. The van der Waals surface area contributed by atoms with E-state index in [2.05, 4.69) is 19.1 Å². The van der Waals surface area contributed by atoms with Gasteiger partial charge in [0.05, 0.1) is 18.3 Å². The number of ether oxygens (including phenoxy) is 1. The summed E-state index contributed by atoms with van der Waals surface area (Å²) >= 11 is 1.76. The highest BCUT2D eigenvalue weighted by Crippen LogP contribution is 2.39. The third-order valence-electron chi connectivity index (χ3n) is 4.33. The lowest BCUT2D eigenvalue weighted by molar-refractivity contribution is 0.301. The molecule has 3 nitrogen and oxygen atoms in total. The lowest BCUT2D eigenvalue weighted by atomic mass is 9.83. The van der Waals surface area contributed by atoms with Gasteiger partial charge in [-0.2, -0.15) is 0 Å². The van der Waals surface area contributed by atoms with Gasteiger partial charge in [-0.15, -0.1) is 11.3 Å². The van der Waals surface area contributed by atoms with Crippen molar-refractivity contribution in [1.29, 1.82) is 0 Å². The first-order valence-electron chi connectivity index (χ1n) is 7.53. The van der Waals surface area contributed by atoms with Crippen molar-refractivity contribution in [3.63, 3.8) is 0 Å². The second kappa shape index (κ2) is 5.78. The molecule has 0 bridgehead atoms. The summed E-state index contributed by atoms with van der Waals surface area (Å²) in [6, 6.07) is 8.09. The number of thiazole rings is 1. The number of hydrogen-bond donors (Lipinski definition) is 1.